The zero-order valence-corrected chi connectivity index (χ0v) is 14.3. The van der Waals surface area contributed by atoms with Crippen LogP contribution in [0.15, 0.2) is 17.0 Å². The fourth-order valence-corrected chi connectivity index (χ4v) is 3.39. The van der Waals surface area contributed by atoms with Crippen LogP contribution in [-0.4, -0.2) is 47.6 Å². The summed E-state index contributed by atoms with van der Waals surface area (Å²) in [6.45, 7) is 0.830. The first-order chi connectivity index (χ1) is 10.5. The van der Waals surface area contributed by atoms with Crippen molar-refractivity contribution in [2.45, 2.75) is 0 Å². The summed E-state index contributed by atoms with van der Waals surface area (Å²) in [5.41, 5.74) is 0.645. The maximum Gasteiger partial charge on any atom is 0.266 e. The van der Waals surface area contributed by atoms with Gasteiger partial charge in [-0.15, -0.1) is 0 Å². The number of hydrogen-bond acceptors (Lipinski definition) is 6. The standard InChI is InChI=1S/C14H14ClNO4S2/c1-19-4-3-16-13(18)11(22-14(16)21)7-8-5-9(15)12(17)10(6-8)20-2/h5-7,17H,3-4H2,1-2H3/b11-7-. The first kappa shape index (κ1) is 17.1. The molecule has 0 spiro atoms. The number of hydrogen-bond donors (Lipinski definition) is 1. The molecule has 1 aromatic rings. The minimum atomic E-state index is -0.171. The minimum Gasteiger partial charge on any atom is -0.503 e. The van der Waals surface area contributed by atoms with E-state index in [1.807, 2.05) is 0 Å². The first-order valence-corrected chi connectivity index (χ1v) is 7.89. The molecule has 0 aromatic heterocycles. The molecule has 0 radical (unpaired) electrons. The van der Waals surface area contributed by atoms with E-state index in [1.165, 1.54) is 23.8 Å². The van der Waals surface area contributed by atoms with Crippen molar-refractivity contribution in [3.8, 4) is 11.5 Å². The normalized spacial score (nSPS) is 16.7. The molecular formula is C14H14ClNO4S2. The van der Waals surface area contributed by atoms with E-state index < -0.39 is 0 Å². The molecule has 1 N–H and O–H groups in total. The largest absolute Gasteiger partial charge is 0.503 e. The number of thiocarbonyl (C=S) groups is 1. The molecule has 0 atom stereocenters. The predicted octanol–water partition coefficient (Wildman–Crippen LogP) is 2.90. The molecule has 2 rings (SSSR count). The van der Waals surface area contributed by atoms with Crippen molar-refractivity contribution in [2.75, 3.05) is 27.4 Å². The van der Waals surface area contributed by atoms with Gasteiger partial charge in [-0.3, -0.25) is 9.69 Å². The zero-order valence-electron chi connectivity index (χ0n) is 12.0. The molecule has 5 nitrogen and oxygen atoms in total. The van der Waals surface area contributed by atoms with Crippen molar-refractivity contribution in [1.29, 1.82) is 0 Å². The van der Waals surface area contributed by atoms with E-state index in [9.17, 15) is 9.90 Å². The Labute approximate surface area is 142 Å². The molecule has 1 heterocycles. The molecule has 1 saturated heterocycles. The molecule has 0 unspecified atom stereocenters. The number of amides is 1. The molecule has 22 heavy (non-hydrogen) atoms. The summed E-state index contributed by atoms with van der Waals surface area (Å²) in [5.74, 6) is -0.0576. The summed E-state index contributed by atoms with van der Waals surface area (Å²) in [6, 6.07) is 3.16. The van der Waals surface area contributed by atoms with Crippen LogP contribution in [0, 0.1) is 0 Å². The average Bonchev–Trinajstić information content (AvgIpc) is 2.75. The molecule has 1 aromatic carbocycles. The van der Waals surface area contributed by atoms with Crippen LogP contribution in [0.5, 0.6) is 11.5 Å². The highest BCUT2D eigenvalue weighted by atomic mass is 35.5. The molecule has 1 aliphatic heterocycles. The lowest BCUT2D eigenvalue weighted by atomic mass is 10.2. The van der Waals surface area contributed by atoms with E-state index in [2.05, 4.69) is 0 Å². The Morgan fingerprint density at radius 1 is 1.45 bits per heavy atom. The lowest BCUT2D eigenvalue weighted by Gasteiger charge is -2.13. The van der Waals surface area contributed by atoms with Gasteiger partial charge in [-0.1, -0.05) is 35.6 Å². The summed E-state index contributed by atoms with van der Waals surface area (Å²) >= 11 is 12.4. The Balaban J connectivity index is 2.29. The van der Waals surface area contributed by atoms with E-state index in [0.29, 0.717) is 27.9 Å². The van der Waals surface area contributed by atoms with Crippen molar-refractivity contribution in [1.82, 2.24) is 4.90 Å². The van der Waals surface area contributed by atoms with Gasteiger partial charge in [0, 0.05) is 7.11 Å². The van der Waals surface area contributed by atoms with Crippen LogP contribution in [-0.2, 0) is 9.53 Å². The van der Waals surface area contributed by atoms with Crippen LogP contribution >= 0.6 is 35.6 Å². The van der Waals surface area contributed by atoms with Crippen LogP contribution in [0.25, 0.3) is 6.08 Å². The second-order valence-electron chi connectivity index (χ2n) is 4.38. The van der Waals surface area contributed by atoms with Gasteiger partial charge in [0.2, 0.25) is 0 Å². The van der Waals surface area contributed by atoms with Gasteiger partial charge in [0.1, 0.15) is 4.32 Å². The Morgan fingerprint density at radius 2 is 2.18 bits per heavy atom. The van der Waals surface area contributed by atoms with E-state index in [1.54, 1.807) is 25.3 Å². The van der Waals surface area contributed by atoms with Gasteiger partial charge in [-0.2, -0.15) is 0 Å². The number of carbonyl (C=O) groups is 1. The van der Waals surface area contributed by atoms with Gasteiger partial charge in [0.15, 0.2) is 11.5 Å². The maximum atomic E-state index is 12.3. The Bertz CT molecular complexity index is 648. The number of halogens is 1. The van der Waals surface area contributed by atoms with Gasteiger partial charge in [-0.25, -0.2) is 0 Å². The molecule has 1 aliphatic rings. The number of benzene rings is 1. The number of carbonyl (C=O) groups excluding carboxylic acids is 1. The zero-order chi connectivity index (χ0) is 16.3. The minimum absolute atomic E-state index is 0.131. The molecule has 0 saturated carbocycles. The Morgan fingerprint density at radius 3 is 2.82 bits per heavy atom. The van der Waals surface area contributed by atoms with E-state index in [-0.39, 0.29) is 22.4 Å². The summed E-state index contributed by atoms with van der Waals surface area (Å²) in [4.78, 5) is 14.3. The number of ether oxygens (including phenoxy) is 2. The van der Waals surface area contributed by atoms with Gasteiger partial charge >= 0.3 is 0 Å². The van der Waals surface area contributed by atoms with Gasteiger partial charge in [-0.05, 0) is 23.8 Å². The van der Waals surface area contributed by atoms with Crippen LogP contribution in [0.2, 0.25) is 5.02 Å². The highest BCUT2D eigenvalue weighted by Crippen LogP contribution is 2.37. The quantitative estimate of drug-likeness (QED) is 0.644. The SMILES string of the molecule is COCCN1C(=O)/C(=C/c2cc(Cl)c(O)c(OC)c2)SC1=S. The van der Waals surface area contributed by atoms with Crippen molar-refractivity contribution in [3.05, 3.63) is 27.6 Å². The van der Waals surface area contributed by atoms with E-state index in [0.717, 1.165) is 0 Å². The smallest absolute Gasteiger partial charge is 0.266 e. The molecule has 0 aliphatic carbocycles. The fourth-order valence-electron chi connectivity index (χ4n) is 1.86. The summed E-state index contributed by atoms with van der Waals surface area (Å²) in [5, 5.41) is 9.88. The van der Waals surface area contributed by atoms with Crippen LogP contribution in [0.3, 0.4) is 0 Å². The number of phenolic OH excluding ortho intramolecular Hbond substituents is 1. The highest BCUT2D eigenvalue weighted by molar-refractivity contribution is 8.26. The van der Waals surface area contributed by atoms with Crippen LogP contribution < -0.4 is 4.74 Å². The van der Waals surface area contributed by atoms with Crippen LogP contribution in [0.1, 0.15) is 5.56 Å². The second-order valence-corrected chi connectivity index (χ2v) is 6.46. The maximum absolute atomic E-state index is 12.3. The number of methoxy groups -OCH3 is 2. The molecule has 1 amide bonds. The van der Waals surface area contributed by atoms with Gasteiger partial charge in [0.25, 0.3) is 5.91 Å². The van der Waals surface area contributed by atoms with E-state index >= 15 is 0 Å². The number of aromatic hydroxyl groups is 1. The van der Waals surface area contributed by atoms with Crippen LogP contribution in [0.4, 0.5) is 0 Å². The number of rotatable bonds is 5. The Hall–Kier alpha value is -1.28. The number of phenols is 1. The van der Waals surface area contributed by atoms with Crippen molar-refractivity contribution in [3.63, 3.8) is 0 Å². The third-order valence-corrected chi connectivity index (χ3v) is 4.63. The molecule has 0 bridgehead atoms. The topological polar surface area (TPSA) is 59.0 Å². The van der Waals surface area contributed by atoms with E-state index in [4.69, 9.17) is 33.3 Å². The highest BCUT2D eigenvalue weighted by Gasteiger charge is 2.31. The number of nitrogens with zero attached hydrogens (tertiary/aromatic N) is 1. The average molecular weight is 360 g/mol. The summed E-state index contributed by atoms with van der Waals surface area (Å²) < 4.78 is 10.5. The van der Waals surface area contributed by atoms with Gasteiger partial charge < -0.3 is 14.6 Å². The third kappa shape index (κ3) is 3.55. The monoisotopic (exact) mass is 359 g/mol. The van der Waals surface area contributed by atoms with Crippen molar-refractivity contribution in [2.24, 2.45) is 0 Å². The molecule has 8 heteroatoms. The molecule has 118 valence electrons. The lowest BCUT2D eigenvalue weighted by Crippen LogP contribution is -2.31. The molecule has 1 fully saturated rings. The number of thioether (sulfide) groups is 1. The lowest BCUT2D eigenvalue weighted by molar-refractivity contribution is -0.122. The predicted molar refractivity (Wildman–Crippen MR) is 91.4 cm³/mol. The fraction of sp³-hybridized carbons (Fsp3) is 0.286. The summed E-state index contributed by atoms with van der Waals surface area (Å²) in [6.07, 6.45) is 1.67. The molecular weight excluding hydrogens is 346 g/mol. The van der Waals surface area contributed by atoms with Gasteiger partial charge in [0.05, 0.1) is 30.2 Å². The van der Waals surface area contributed by atoms with Crippen molar-refractivity contribution < 1.29 is 19.4 Å². The summed E-state index contributed by atoms with van der Waals surface area (Å²) in [7, 11) is 3.00. The first-order valence-electron chi connectivity index (χ1n) is 6.28. The third-order valence-electron chi connectivity index (χ3n) is 2.96. The Kier molecular flexibility index (Phi) is 5.69. The second kappa shape index (κ2) is 7.32. The van der Waals surface area contributed by atoms with Crippen molar-refractivity contribution >= 4 is 51.9 Å².